The summed E-state index contributed by atoms with van der Waals surface area (Å²) in [5.74, 6) is 0. The maximum Gasteiger partial charge on any atom is 1.00 e. The third-order valence-electron chi connectivity index (χ3n) is 2.18. The Morgan fingerprint density at radius 1 is 1.26 bits per heavy atom. The first kappa shape index (κ1) is 34.8. The summed E-state index contributed by atoms with van der Waals surface area (Å²) in [5, 5.41) is 11.1. The van der Waals surface area contributed by atoms with Crippen LogP contribution in [-0.2, 0) is 17.1 Å². The van der Waals surface area contributed by atoms with Crippen LogP contribution < -0.4 is 37.7 Å². The maximum absolute atomic E-state index is 6.25. The van der Waals surface area contributed by atoms with E-state index in [0.29, 0.717) is 0 Å². The molecule has 1 rings (SSSR count). The average Bonchev–Trinajstić information content (AvgIpc) is 2.88. The number of allylic oxidation sites excluding steroid dienone is 3. The van der Waals surface area contributed by atoms with E-state index in [-0.39, 0.29) is 60.2 Å². The Bertz CT molecular complexity index is 379. The van der Waals surface area contributed by atoms with Crippen LogP contribution in [0.1, 0.15) is 27.2 Å². The van der Waals surface area contributed by atoms with Gasteiger partial charge >= 0.3 is 54.8 Å². The predicted octanol–water partition coefficient (Wildman–Crippen LogP) is -0.134. The molecule has 0 fully saturated rings. The molecule has 0 radical (unpaired) electrons. The van der Waals surface area contributed by atoms with Gasteiger partial charge in [0.2, 0.25) is 0 Å². The summed E-state index contributed by atoms with van der Waals surface area (Å²) in [6, 6.07) is 3.86. The summed E-state index contributed by atoms with van der Waals surface area (Å²) in [4.78, 5) is 0. The minimum atomic E-state index is -0.995. The molecular formula is C17H26CuLi2NSSi. The minimum absolute atomic E-state index is 0. The van der Waals surface area contributed by atoms with Gasteiger partial charge in [-0.25, -0.2) is 6.07 Å². The van der Waals surface area contributed by atoms with Gasteiger partial charge < -0.3 is 29.2 Å². The molecule has 0 aliphatic carbocycles. The van der Waals surface area contributed by atoms with E-state index in [1.54, 1.807) is 11.3 Å². The van der Waals surface area contributed by atoms with Crippen molar-refractivity contribution in [3.63, 3.8) is 0 Å². The van der Waals surface area contributed by atoms with Gasteiger partial charge in [0, 0.05) is 0 Å². The van der Waals surface area contributed by atoms with Crippen LogP contribution in [0.25, 0.3) is 0 Å². The zero-order valence-electron chi connectivity index (χ0n) is 15.8. The molecule has 0 saturated heterocycles. The molecule has 0 spiro atoms. The van der Waals surface area contributed by atoms with Crippen LogP contribution in [0, 0.1) is 28.7 Å². The van der Waals surface area contributed by atoms with E-state index in [1.807, 2.05) is 24.4 Å². The van der Waals surface area contributed by atoms with Crippen molar-refractivity contribution < 1.29 is 54.8 Å². The second kappa shape index (κ2) is 20.6. The minimum Gasteiger partial charge on any atom is -0.512 e. The molecule has 0 bridgehead atoms. The maximum atomic E-state index is 6.25. The van der Waals surface area contributed by atoms with Gasteiger partial charge in [-0.2, -0.15) is 18.4 Å². The summed E-state index contributed by atoms with van der Waals surface area (Å²) < 4.78 is 0. The monoisotopic (exact) mass is 381 g/mol. The van der Waals surface area contributed by atoms with E-state index in [4.69, 9.17) is 11.8 Å². The molecule has 0 unspecified atom stereocenters. The first-order chi connectivity index (χ1) is 9.27. The number of thiophene rings is 1. The molecule has 1 aromatic heterocycles. The second-order valence-electron chi connectivity index (χ2n) is 6.13. The molecule has 0 aromatic carbocycles. The van der Waals surface area contributed by atoms with Crippen LogP contribution in [0.5, 0.6) is 0 Å². The summed E-state index contributed by atoms with van der Waals surface area (Å²) in [7, 11) is -0.995. The summed E-state index contributed by atoms with van der Waals surface area (Å²) in [6.07, 6.45) is 8.72. The van der Waals surface area contributed by atoms with Gasteiger partial charge in [0.15, 0.2) is 0 Å². The largest absolute Gasteiger partial charge is 1.00 e. The van der Waals surface area contributed by atoms with Crippen molar-refractivity contribution in [2.24, 2.45) is 5.41 Å². The van der Waals surface area contributed by atoms with E-state index in [0.717, 1.165) is 6.42 Å². The van der Waals surface area contributed by atoms with Crippen molar-refractivity contribution in [2.45, 2.75) is 46.8 Å². The van der Waals surface area contributed by atoms with E-state index in [1.165, 1.54) is 0 Å². The number of rotatable bonds is 4. The van der Waals surface area contributed by atoms with E-state index >= 15 is 0 Å². The first-order valence-electron chi connectivity index (χ1n) is 6.58. The molecular weight excluding hydrogens is 356 g/mol. The third-order valence-corrected chi connectivity index (χ3v) is 3.98. The van der Waals surface area contributed by atoms with Crippen LogP contribution in [0.3, 0.4) is 0 Å². The molecule has 122 valence electrons. The van der Waals surface area contributed by atoms with Crippen molar-refractivity contribution in [1.82, 2.24) is 0 Å². The quantitative estimate of drug-likeness (QED) is 0.526. The van der Waals surface area contributed by atoms with E-state index in [9.17, 15) is 0 Å². The van der Waals surface area contributed by atoms with Gasteiger partial charge in [-0.15, -0.1) is 5.38 Å². The summed E-state index contributed by atoms with van der Waals surface area (Å²) in [5.41, 5.74) is 2.68. The fourth-order valence-electron chi connectivity index (χ4n) is 1.36. The smallest absolute Gasteiger partial charge is 0.512 e. The third kappa shape index (κ3) is 31.0. The van der Waals surface area contributed by atoms with Gasteiger partial charge in [0.1, 0.15) is 0 Å². The summed E-state index contributed by atoms with van der Waals surface area (Å²) in [6.45, 7) is 18.3. The average molecular weight is 382 g/mol. The van der Waals surface area contributed by atoms with E-state index < -0.39 is 8.07 Å². The molecule has 6 heteroatoms. The molecule has 0 amide bonds. The zero-order chi connectivity index (χ0) is 16.1. The predicted molar refractivity (Wildman–Crippen MR) is 92.5 cm³/mol. The molecule has 23 heavy (non-hydrogen) atoms. The van der Waals surface area contributed by atoms with Crippen molar-refractivity contribution >= 4 is 19.4 Å². The molecule has 0 N–H and O–H groups in total. The SMILES string of the molecule is C[C-]=CC(C)(C)C/C=C/[Si](C)(C)C.[C-]#N.[Cu+].[Li+].[Li+].[c-]1cccs1. The molecule has 0 aliphatic rings. The Labute approximate surface area is 183 Å². The van der Waals surface area contributed by atoms with Gasteiger partial charge in [0.05, 0.1) is 8.07 Å². The Kier molecular flexibility index (Phi) is 31.3. The number of hydrogen-bond donors (Lipinski definition) is 0. The first-order valence-corrected chi connectivity index (χ1v) is 11.0. The van der Waals surface area contributed by atoms with Gasteiger partial charge in [0.25, 0.3) is 0 Å². The zero-order valence-corrected chi connectivity index (χ0v) is 18.6. The normalized spacial score (nSPS) is 10.1. The molecule has 1 heterocycles. The molecule has 0 saturated carbocycles. The van der Waals surface area contributed by atoms with Crippen molar-refractivity contribution in [3.8, 4) is 0 Å². The molecule has 1 nitrogen and oxygen atoms in total. The van der Waals surface area contributed by atoms with Crippen molar-refractivity contribution in [1.29, 1.82) is 5.26 Å². The van der Waals surface area contributed by atoms with E-state index in [2.05, 4.69) is 62.8 Å². The van der Waals surface area contributed by atoms with Crippen LogP contribution in [0.15, 0.2) is 35.4 Å². The van der Waals surface area contributed by atoms with Crippen LogP contribution in [0.4, 0.5) is 0 Å². The van der Waals surface area contributed by atoms with Crippen molar-refractivity contribution in [2.75, 3.05) is 0 Å². The fraction of sp³-hybridized carbons (Fsp3) is 0.471. The standard InChI is InChI=1S/C12H23Si.C4H3S.CN.Cu.2Li/c1-7-9-12(2,3)10-8-11-13(4,5)6;1-2-4-5-3-1;1-2;;;/h8-9,11H,10H2,1-6H3;1-3H;;;;/q3*-1;3*+1/b11-8+;;;;;. The second-order valence-corrected chi connectivity index (χ2v) is 11.9. The molecule has 0 aliphatic heterocycles. The Hall–Kier alpha value is 0.601. The van der Waals surface area contributed by atoms with Gasteiger partial charge in [-0.3, -0.25) is 6.08 Å². The van der Waals surface area contributed by atoms with Gasteiger partial charge in [-0.1, -0.05) is 45.3 Å². The van der Waals surface area contributed by atoms with Crippen molar-refractivity contribution in [3.05, 3.63) is 53.4 Å². The number of nitrogens with zero attached hydrogens (tertiary/aromatic N) is 1. The van der Waals surface area contributed by atoms with Gasteiger partial charge in [-0.05, 0) is 11.8 Å². The molecule has 0 atom stereocenters. The Morgan fingerprint density at radius 3 is 2.04 bits per heavy atom. The Balaban J connectivity index is -0.0000000915. The Morgan fingerprint density at radius 2 is 1.78 bits per heavy atom. The summed E-state index contributed by atoms with van der Waals surface area (Å²) >= 11 is 1.59. The topological polar surface area (TPSA) is 23.8 Å². The van der Waals surface area contributed by atoms with Crippen LogP contribution >= 0.6 is 11.3 Å². The number of hydrogen-bond acceptors (Lipinski definition) is 2. The van der Waals surface area contributed by atoms with Crippen LogP contribution in [0.2, 0.25) is 19.6 Å². The van der Waals surface area contributed by atoms with Crippen LogP contribution in [-0.4, -0.2) is 8.07 Å². The fourth-order valence-corrected chi connectivity index (χ4v) is 2.58. The molecule has 1 aromatic rings.